The molecule has 2 aromatic carbocycles. The van der Waals surface area contributed by atoms with E-state index in [9.17, 15) is 14.9 Å². The van der Waals surface area contributed by atoms with Crippen molar-refractivity contribution in [2.24, 2.45) is 0 Å². The smallest absolute Gasteiger partial charge is 0.271 e. The fourth-order valence-corrected chi connectivity index (χ4v) is 2.61. The van der Waals surface area contributed by atoms with Crippen LogP contribution in [0.1, 0.15) is 38.7 Å². The van der Waals surface area contributed by atoms with Crippen LogP contribution in [-0.2, 0) is 4.79 Å². The Labute approximate surface area is 158 Å². The maximum absolute atomic E-state index is 12.5. The number of hydrogen-bond acceptors (Lipinski definition) is 5. The number of hydrogen-bond donors (Lipinski definition) is 2. The van der Waals surface area contributed by atoms with Crippen LogP contribution in [0.2, 0.25) is 0 Å². The van der Waals surface area contributed by atoms with E-state index >= 15 is 0 Å². The first-order valence-corrected chi connectivity index (χ1v) is 8.85. The Bertz CT molecular complexity index is 805. The number of amides is 1. The summed E-state index contributed by atoms with van der Waals surface area (Å²) in [5.41, 5.74) is 2.22. The van der Waals surface area contributed by atoms with Gasteiger partial charge in [0.1, 0.15) is 11.8 Å². The summed E-state index contributed by atoms with van der Waals surface area (Å²) >= 11 is 0. The van der Waals surface area contributed by atoms with Gasteiger partial charge in [0.05, 0.1) is 17.7 Å². The summed E-state index contributed by atoms with van der Waals surface area (Å²) in [5.74, 6) is 0.528. The zero-order valence-corrected chi connectivity index (χ0v) is 16.0. The van der Waals surface area contributed by atoms with Gasteiger partial charge in [0.25, 0.3) is 5.69 Å². The van der Waals surface area contributed by atoms with Gasteiger partial charge in [-0.25, -0.2) is 0 Å². The molecule has 27 heavy (non-hydrogen) atoms. The van der Waals surface area contributed by atoms with Crippen molar-refractivity contribution in [1.29, 1.82) is 0 Å². The predicted octanol–water partition coefficient (Wildman–Crippen LogP) is 4.56. The zero-order valence-electron chi connectivity index (χ0n) is 16.0. The lowest BCUT2D eigenvalue weighted by atomic mass is 9.98. The second kappa shape index (κ2) is 9.02. The van der Waals surface area contributed by atoms with E-state index in [0.717, 1.165) is 12.1 Å². The minimum Gasteiger partial charge on any atom is -0.495 e. The van der Waals surface area contributed by atoms with Crippen LogP contribution in [0.3, 0.4) is 0 Å². The molecule has 0 radical (unpaired) electrons. The van der Waals surface area contributed by atoms with E-state index < -0.39 is 11.0 Å². The summed E-state index contributed by atoms with van der Waals surface area (Å²) < 4.78 is 5.17. The first-order valence-electron chi connectivity index (χ1n) is 8.85. The number of non-ortho nitro benzene ring substituents is 1. The monoisotopic (exact) mass is 371 g/mol. The van der Waals surface area contributed by atoms with Crippen LogP contribution in [0.5, 0.6) is 5.75 Å². The Kier molecular flexibility index (Phi) is 6.76. The first kappa shape index (κ1) is 20.2. The van der Waals surface area contributed by atoms with Gasteiger partial charge in [0, 0.05) is 17.8 Å². The minimum absolute atomic E-state index is 0.118. The lowest BCUT2D eigenvalue weighted by molar-refractivity contribution is -0.384. The van der Waals surface area contributed by atoms with Crippen LogP contribution in [0.25, 0.3) is 0 Å². The number of methoxy groups -OCH3 is 1. The highest BCUT2D eigenvalue weighted by molar-refractivity contribution is 5.97. The van der Waals surface area contributed by atoms with Gasteiger partial charge in [-0.1, -0.05) is 26.0 Å². The molecule has 0 aliphatic carbocycles. The molecule has 0 fully saturated rings. The molecule has 7 heteroatoms. The van der Waals surface area contributed by atoms with E-state index in [1.807, 2.05) is 24.3 Å². The Morgan fingerprint density at radius 2 is 1.85 bits per heavy atom. The average molecular weight is 371 g/mol. The molecule has 0 saturated heterocycles. The Hall–Kier alpha value is -3.09. The van der Waals surface area contributed by atoms with Crippen LogP contribution in [-0.4, -0.2) is 24.0 Å². The number of anilines is 2. The Morgan fingerprint density at radius 1 is 1.19 bits per heavy atom. The summed E-state index contributed by atoms with van der Waals surface area (Å²) in [5, 5.41) is 16.8. The lowest BCUT2D eigenvalue weighted by Gasteiger charge is -2.17. The molecule has 0 heterocycles. The number of nitrogens with zero attached hydrogens (tertiary/aromatic N) is 1. The second-order valence-electron chi connectivity index (χ2n) is 6.43. The van der Waals surface area contributed by atoms with Crippen LogP contribution >= 0.6 is 0 Å². The molecule has 0 bridgehead atoms. The highest BCUT2D eigenvalue weighted by atomic mass is 16.6. The summed E-state index contributed by atoms with van der Waals surface area (Å²) in [7, 11) is 1.44. The molecule has 1 amide bonds. The first-order chi connectivity index (χ1) is 12.8. The van der Waals surface area contributed by atoms with Crippen molar-refractivity contribution in [3.05, 3.63) is 58.1 Å². The van der Waals surface area contributed by atoms with Crippen molar-refractivity contribution in [2.75, 3.05) is 17.7 Å². The zero-order chi connectivity index (χ0) is 20.0. The molecular weight excluding hydrogens is 346 g/mol. The Balaban J connectivity index is 2.07. The SMILES string of the molecule is CC[C@@H](C)c1ccc(N[C@@H](C)C(=O)Nc2cc([N+](=O)[O-])ccc2OC)cc1. The van der Waals surface area contributed by atoms with Crippen molar-refractivity contribution in [3.8, 4) is 5.75 Å². The van der Waals surface area contributed by atoms with Gasteiger partial charge in [-0.15, -0.1) is 0 Å². The van der Waals surface area contributed by atoms with Crippen molar-refractivity contribution in [2.45, 2.75) is 39.2 Å². The summed E-state index contributed by atoms with van der Waals surface area (Å²) in [6, 6.07) is 11.5. The third-order valence-corrected chi connectivity index (χ3v) is 4.52. The average Bonchev–Trinajstić information content (AvgIpc) is 2.67. The quantitative estimate of drug-likeness (QED) is 0.524. The van der Waals surface area contributed by atoms with Gasteiger partial charge in [0.2, 0.25) is 5.91 Å². The number of nitro benzene ring substituents is 1. The largest absolute Gasteiger partial charge is 0.495 e. The molecule has 0 saturated carbocycles. The van der Waals surface area contributed by atoms with Crippen LogP contribution in [0.15, 0.2) is 42.5 Å². The molecule has 2 rings (SSSR count). The standard InChI is InChI=1S/C20H25N3O4/c1-5-13(2)15-6-8-16(9-7-15)21-14(3)20(24)22-18-12-17(23(25)26)10-11-19(18)27-4/h6-14,21H,5H2,1-4H3,(H,22,24)/t13-,14+/m1/s1. The maximum Gasteiger partial charge on any atom is 0.271 e. The van der Waals surface area contributed by atoms with E-state index in [4.69, 9.17) is 4.74 Å². The molecular formula is C20H25N3O4. The molecule has 2 N–H and O–H groups in total. The van der Waals surface area contributed by atoms with E-state index in [1.54, 1.807) is 6.92 Å². The molecule has 144 valence electrons. The normalized spacial score (nSPS) is 12.7. The fourth-order valence-electron chi connectivity index (χ4n) is 2.61. The number of carbonyl (C=O) groups excluding carboxylic acids is 1. The highest BCUT2D eigenvalue weighted by Gasteiger charge is 2.17. The molecule has 0 spiro atoms. The minimum atomic E-state index is -0.539. The highest BCUT2D eigenvalue weighted by Crippen LogP contribution is 2.29. The third-order valence-electron chi connectivity index (χ3n) is 4.52. The van der Waals surface area contributed by atoms with E-state index in [0.29, 0.717) is 11.7 Å². The van der Waals surface area contributed by atoms with Gasteiger partial charge in [-0.05, 0) is 43.0 Å². The maximum atomic E-state index is 12.5. The fraction of sp³-hybridized carbons (Fsp3) is 0.350. The molecule has 7 nitrogen and oxygen atoms in total. The summed E-state index contributed by atoms with van der Waals surface area (Å²) in [6.07, 6.45) is 1.07. The number of nitrogens with one attached hydrogen (secondary N) is 2. The summed E-state index contributed by atoms with van der Waals surface area (Å²) in [6.45, 7) is 6.04. The van der Waals surface area contributed by atoms with Gasteiger partial charge < -0.3 is 15.4 Å². The molecule has 2 atom stereocenters. The van der Waals surface area contributed by atoms with Crippen molar-refractivity contribution in [3.63, 3.8) is 0 Å². The van der Waals surface area contributed by atoms with Crippen molar-refractivity contribution in [1.82, 2.24) is 0 Å². The van der Waals surface area contributed by atoms with E-state index in [2.05, 4.69) is 24.5 Å². The Morgan fingerprint density at radius 3 is 2.41 bits per heavy atom. The third kappa shape index (κ3) is 5.20. The van der Waals surface area contributed by atoms with Crippen LogP contribution < -0.4 is 15.4 Å². The van der Waals surface area contributed by atoms with Crippen LogP contribution in [0, 0.1) is 10.1 Å². The number of ether oxygens (including phenoxy) is 1. The number of nitro groups is 1. The topological polar surface area (TPSA) is 93.5 Å². The van der Waals surface area contributed by atoms with Crippen molar-refractivity contribution < 1.29 is 14.5 Å². The number of rotatable bonds is 8. The molecule has 0 aliphatic heterocycles. The second-order valence-corrected chi connectivity index (χ2v) is 6.43. The number of benzene rings is 2. The molecule has 2 aromatic rings. The predicted molar refractivity (Wildman–Crippen MR) is 107 cm³/mol. The van der Waals surface area contributed by atoms with Crippen LogP contribution in [0.4, 0.5) is 17.1 Å². The van der Waals surface area contributed by atoms with Gasteiger partial charge in [0.15, 0.2) is 0 Å². The van der Waals surface area contributed by atoms with E-state index in [-0.39, 0.29) is 17.3 Å². The molecule has 0 unspecified atom stereocenters. The van der Waals surface area contributed by atoms with Gasteiger partial charge in [-0.2, -0.15) is 0 Å². The van der Waals surface area contributed by atoms with Crippen molar-refractivity contribution >= 4 is 23.0 Å². The van der Waals surface area contributed by atoms with E-state index in [1.165, 1.54) is 30.9 Å². The van der Waals surface area contributed by atoms with Gasteiger partial charge in [-0.3, -0.25) is 14.9 Å². The number of carbonyl (C=O) groups is 1. The summed E-state index contributed by atoms with van der Waals surface area (Å²) in [4.78, 5) is 22.9. The molecule has 0 aliphatic rings. The van der Waals surface area contributed by atoms with Gasteiger partial charge >= 0.3 is 0 Å². The molecule has 0 aromatic heterocycles. The lowest BCUT2D eigenvalue weighted by Crippen LogP contribution is -2.32.